The molecule has 28 heavy (non-hydrogen) atoms. The highest BCUT2D eigenvalue weighted by molar-refractivity contribution is 7.19. The summed E-state index contributed by atoms with van der Waals surface area (Å²) in [5, 5.41) is 0.625. The summed E-state index contributed by atoms with van der Waals surface area (Å²) in [6.07, 6.45) is 0.953. The smallest absolute Gasteiger partial charge is 0.354 e. The van der Waals surface area contributed by atoms with Gasteiger partial charge in [0.05, 0.1) is 23.9 Å². The van der Waals surface area contributed by atoms with Crippen LogP contribution < -0.4 is 0 Å². The molecule has 0 aliphatic heterocycles. The van der Waals surface area contributed by atoms with Crippen molar-refractivity contribution in [3.63, 3.8) is 0 Å². The first-order chi connectivity index (χ1) is 13.5. The minimum Gasteiger partial charge on any atom is -0.464 e. The largest absolute Gasteiger partial charge is 0.464 e. The number of rotatable bonds is 5. The highest BCUT2D eigenvalue weighted by Crippen LogP contribution is 2.31. The van der Waals surface area contributed by atoms with Gasteiger partial charge in [-0.2, -0.15) is 0 Å². The minimum atomic E-state index is -0.363. The zero-order valence-electron chi connectivity index (χ0n) is 15.8. The summed E-state index contributed by atoms with van der Waals surface area (Å²) in [6.45, 7) is 4.42. The minimum absolute atomic E-state index is 0.363. The summed E-state index contributed by atoms with van der Waals surface area (Å²) in [5.74, 6) is 0.855. The van der Waals surface area contributed by atoms with Crippen LogP contribution in [0.5, 0.6) is 0 Å². The van der Waals surface area contributed by atoms with E-state index in [0.717, 1.165) is 27.9 Å². The number of methoxy groups -OCH3 is 1. The van der Waals surface area contributed by atoms with Crippen molar-refractivity contribution in [2.45, 2.75) is 26.8 Å². The number of ether oxygens (including phenoxy) is 1. The number of carbonyl (C=O) groups is 1. The average molecular weight is 415 g/mol. The Morgan fingerprint density at radius 1 is 1.32 bits per heavy atom. The van der Waals surface area contributed by atoms with E-state index in [9.17, 15) is 4.79 Å². The lowest BCUT2D eigenvalue weighted by molar-refractivity contribution is 0.0589. The van der Waals surface area contributed by atoms with Gasteiger partial charge in [-0.15, -0.1) is 11.3 Å². The maximum Gasteiger partial charge on any atom is 0.354 e. The maximum absolute atomic E-state index is 12.3. The third-order valence-electron chi connectivity index (χ3n) is 4.66. The molecule has 0 saturated carbocycles. The van der Waals surface area contributed by atoms with Crippen molar-refractivity contribution in [3.8, 4) is 11.5 Å². The number of oxazole rings is 1. The molecule has 4 rings (SSSR count). The molecule has 0 unspecified atom stereocenters. The van der Waals surface area contributed by atoms with Crippen LogP contribution in [-0.4, -0.2) is 22.6 Å². The van der Waals surface area contributed by atoms with Crippen LogP contribution in [0.15, 0.2) is 40.8 Å². The third-order valence-corrected chi connectivity index (χ3v) is 6.11. The predicted octanol–water partition coefficient (Wildman–Crippen LogP) is 5.72. The number of aryl methyl sites for hydroxylation is 2. The normalized spacial score (nSPS) is 11.3. The SMILES string of the molecule is CCc1cc2c(cc(C(=O)OC)n2Cc2nc(-c3cccc(Cl)c3)oc2C)s1. The molecular formula is C21H19ClN2O3S. The van der Waals surface area contributed by atoms with Crippen molar-refractivity contribution in [3.05, 3.63) is 63.4 Å². The Morgan fingerprint density at radius 2 is 2.14 bits per heavy atom. The van der Waals surface area contributed by atoms with E-state index in [4.69, 9.17) is 20.8 Å². The van der Waals surface area contributed by atoms with Crippen LogP contribution in [0.3, 0.4) is 0 Å². The number of fused-ring (bicyclic) bond motifs is 1. The van der Waals surface area contributed by atoms with E-state index in [1.54, 1.807) is 11.3 Å². The first-order valence-corrected chi connectivity index (χ1v) is 10.1. The molecule has 0 saturated heterocycles. The molecule has 0 aliphatic rings. The van der Waals surface area contributed by atoms with Crippen LogP contribution in [0.25, 0.3) is 21.7 Å². The lowest BCUT2D eigenvalue weighted by Gasteiger charge is -2.07. The molecular weight excluding hydrogens is 396 g/mol. The van der Waals surface area contributed by atoms with Crippen LogP contribution in [0.2, 0.25) is 5.02 Å². The van der Waals surface area contributed by atoms with Crippen LogP contribution in [0.1, 0.15) is 33.7 Å². The van der Waals surface area contributed by atoms with Gasteiger partial charge in [0.2, 0.25) is 5.89 Å². The number of esters is 1. The number of nitrogens with zero attached hydrogens (tertiary/aromatic N) is 2. The van der Waals surface area contributed by atoms with Gasteiger partial charge in [0.1, 0.15) is 17.1 Å². The van der Waals surface area contributed by atoms with E-state index in [1.165, 1.54) is 12.0 Å². The molecule has 0 N–H and O–H groups in total. The second-order valence-electron chi connectivity index (χ2n) is 6.46. The number of thiophene rings is 1. The van der Waals surface area contributed by atoms with Crippen LogP contribution in [-0.2, 0) is 17.7 Å². The lowest BCUT2D eigenvalue weighted by Crippen LogP contribution is -2.12. The standard InChI is InChI=1S/C21H19ClN2O3S/c1-4-15-9-17-19(28-15)10-18(21(25)26-3)24(17)11-16-12(2)27-20(23-16)13-6-5-7-14(22)8-13/h5-10H,4,11H2,1-3H3. The van der Waals surface area contributed by atoms with Gasteiger partial charge in [0.15, 0.2) is 0 Å². The Balaban J connectivity index is 1.77. The molecule has 0 spiro atoms. The Bertz CT molecular complexity index is 1170. The van der Waals surface area contributed by atoms with Crippen molar-refractivity contribution in [1.82, 2.24) is 9.55 Å². The van der Waals surface area contributed by atoms with Crippen LogP contribution in [0, 0.1) is 6.92 Å². The molecule has 0 amide bonds. The van der Waals surface area contributed by atoms with Crippen molar-refractivity contribution < 1.29 is 13.9 Å². The van der Waals surface area contributed by atoms with E-state index in [2.05, 4.69) is 18.0 Å². The summed E-state index contributed by atoms with van der Waals surface area (Å²) >= 11 is 7.78. The Hall–Kier alpha value is -2.57. The number of halogens is 1. The fourth-order valence-corrected chi connectivity index (χ4v) is 4.41. The van der Waals surface area contributed by atoms with E-state index in [0.29, 0.717) is 28.9 Å². The number of benzene rings is 1. The molecule has 0 atom stereocenters. The molecule has 0 aliphatic carbocycles. The topological polar surface area (TPSA) is 57.3 Å². The number of carbonyl (C=O) groups excluding carboxylic acids is 1. The summed E-state index contributed by atoms with van der Waals surface area (Å²) in [5.41, 5.74) is 3.10. The van der Waals surface area contributed by atoms with Gasteiger partial charge < -0.3 is 13.7 Å². The van der Waals surface area contributed by atoms with Gasteiger partial charge in [-0.1, -0.05) is 24.6 Å². The van der Waals surface area contributed by atoms with Gasteiger partial charge in [-0.25, -0.2) is 9.78 Å². The van der Waals surface area contributed by atoms with E-state index in [-0.39, 0.29) is 5.97 Å². The monoisotopic (exact) mass is 414 g/mol. The summed E-state index contributed by atoms with van der Waals surface area (Å²) < 4.78 is 13.9. The zero-order valence-corrected chi connectivity index (χ0v) is 17.4. The Kier molecular flexibility index (Phi) is 5.00. The molecule has 3 aromatic heterocycles. The van der Waals surface area contributed by atoms with E-state index < -0.39 is 0 Å². The lowest BCUT2D eigenvalue weighted by atomic mass is 10.2. The third kappa shape index (κ3) is 3.34. The Labute approximate surface area is 171 Å². The molecule has 3 heterocycles. The van der Waals surface area contributed by atoms with Crippen molar-refractivity contribution in [2.24, 2.45) is 0 Å². The number of hydrogen-bond donors (Lipinski definition) is 0. The van der Waals surface area contributed by atoms with Gasteiger partial charge in [-0.05, 0) is 43.7 Å². The van der Waals surface area contributed by atoms with Crippen LogP contribution in [0.4, 0.5) is 0 Å². The molecule has 0 radical (unpaired) electrons. The molecule has 7 heteroatoms. The maximum atomic E-state index is 12.3. The van der Waals surface area contributed by atoms with Crippen molar-refractivity contribution >= 4 is 39.1 Å². The summed E-state index contributed by atoms with van der Waals surface area (Å²) in [7, 11) is 1.39. The molecule has 0 fully saturated rings. The van der Waals surface area contributed by atoms with Crippen molar-refractivity contribution in [1.29, 1.82) is 0 Å². The first kappa shape index (κ1) is 18.8. The molecule has 5 nitrogen and oxygen atoms in total. The highest BCUT2D eigenvalue weighted by atomic mass is 35.5. The number of hydrogen-bond acceptors (Lipinski definition) is 5. The average Bonchev–Trinajstić information content (AvgIpc) is 3.35. The van der Waals surface area contributed by atoms with Gasteiger partial charge in [0, 0.05) is 15.5 Å². The summed E-state index contributed by atoms with van der Waals surface area (Å²) in [6, 6.07) is 11.4. The Morgan fingerprint density at radius 3 is 2.86 bits per heavy atom. The fraction of sp³-hybridized carbons (Fsp3) is 0.238. The van der Waals surface area contributed by atoms with Gasteiger partial charge in [0.25, 0.3) is 0 Å². The highest BCUT2D eigenvalue weighted by Gasteiger charge is 2.21. The molecule has 4 aromatic rings. The fourth-order valence-electron chi connectivity index (χ4n) is 3.18. The predicted molar refractivity (Wildman–Crippen MR) is 111 cm³/mol. The molecule has 144 valence electrons. The quantitative estimate of drug-likeness (QED) is 0.392. The van der Waals surface area contributed by atoms with Gasteiger partial charge >= 0.3 is 5.97 Å². The van der Waals surface area contributed by atoms with Gasteiger partial charge in [-0.3, -0.25) is 0 Å². The number of aromatic nitrogens is 2. The van der Waals surface area contributed by atoms with Crippen molar-refractivity contribution in [2.75, 3.05) is 7.11 Å². The molecule has 0 bridgehead atoms. The van der Waals surface area contributed by atoms with E-state index >= 15 is 0 Å². The second kappa shape index (κ2) is 7.45. The van der Waals surface area contributed by atoms with Crippen LogP contribution >= 0.6 is 22.9 Å². The first-order valence-electron chi connectivity index (χ1n) is 8.92. The van der Waals surface area contributed by atoms with E-state index in [1.807, 2.05) is 41.8 Å². The summed E-state index contributed by atoms with van der Waals surface area (Å²) in [4.78, 5) is 18.2. The zero-order chi connectivity index (χ0) is 19.8. The molecule has 1 aromatic carbocycles. The second-order valence-corrected chi connectivity index (χ2v) is 8.06.